The van der Waals surface area contributed by atoms with E-state index in [1.54, 1.807) is 12.1 Å². The Morgan fingerprint density at radius 1 is 1.15 bits per heavy atom. The molecule has 0 unspecified atom stereocenters. The molecule has 0 aliphatic carbocycles. The van der Waals surface area contributed by atoms with Gasteiger partial charge in [0, 0.05) is 19.6 Å². The maximum absolute atomic E-state index is 12.2. The van der Waals surface area contributed by atoms with E-state index in [4.69, 9.17) is 13.9 Å². The Morgan fingerprint density at radius 2 is 1.93 bits per heavy atom. The molecule has 1 amide bonds. The Hall–Kier alpha value is -2.31. The molecule has 1 N–H and O–H groups in total. The highest BCUT2D eigenvalue weighted by Gasteiger charge is 2.12. The minimum atomic E-state index is -0.185. The smallest absolute Gasteiger partial charge is 0.286 e. The highest BCUT2D eigenvalue weighted by atomic mass is 16.5. The number of morpholine rings is 1. The molecule has 1 aromatic carbocycles. The van der Waals surface area contributed by atoms with Crippen molar-refractivity contribution in [2.45, 2.75) is 26.4 Å². The zero-order valence-corrected chi connectivity index (χ0v) is 15.9. The third-order valence-electron chi connectivity index (χ3n) is 4.64. The molecule has 27 heavy (non-hydrogen) atoms. The topological polar surface area (TPSA) is 63.9 Å². The van der Waals surface area contributed by atoms with Gasteiger partial charge in [0.1, 0.15) is 18.1 Å². The number of ether oxygens (including phenoxy) is 2. The molecule has 1 aliphatic rings. The van der Waals surface area contributed by atoms with Crippen molar-refractivity contribution in [2.24, 2.45) is 0 Å². The summed E-state index contributed by atoms with van der Waals surface area (Å²) < 4.78 is 16.6. The van der Waals surface area contributed by atoms with Crippen molar-refractivity contribution in [3.8, 4) is 5.75 Å². The second kappa shape index (κ2) is 10.1. The molecule has 6 nitrogen and oxygen atoms in total. The average molecular weight is 372 g/mol. The summed E-state index contributed by atoms with van der Waals surface area (Å²) in [6.07, 6.45) is 1.92. The summed E-state index contributed by atoms with van der Waals surface area (Å²) in [4.78, 5) is 14.5. The lowest BCUT2D eigenvalue weighted by Crippen LogP contribution is -2.38. The standard InChI is InChI=1S/C21H28N2O4/c1-2-17-4-6-18(7-5-17)26-16-19-8-9-20(27-19)21(24)22-10-3-11-23-12-14-25-15-13-23/h4-9H,2-3,10-16H2,1H3,(H,22,24). The van der Waals surface area contributed by atoms with E-state index < -0.39 is 0 Å². The first kappa shape index (κ1) is 19.5. The van der Waals surface area contributed by atoms with E-state index in [2.05, 4.69) is 17.1 Å². The second-order valence-electron chi connectivity index (χ2n) is 6.62. The first-order valence-electron chi connectivity index (χ1n) is 9.63. The first-order valence-corrected chi connectivity index (χ1v) is 9.63. The van der Waals surface area contributed by atoms with Crippen LogP contribution in [-0.4, -0.2) is 50.2 Å². The minimum absolute atomic E-state index is 0.185. The molecule has 1 aromatic heterocycles. The summed E-state index contributed by atoms with van der Waals surface area (Å²) in [6, 6.07) is 11.5. The minimum Gasteiger partial charge on any atom is -0.486 e. The van der Waals surface area contributed by atoms with Crippen LogP contribution < -0.4 is 10.1 Å². The first-order chi connectivity index (χ1) is 13.2. The number of carbonyl (C=O) groups excluding carboxylic acids is 1. The predicted molar refractivity (Wildman–Crippen MR) is 103 cm³/mol. The molecule has 0 spiro atoms. The fraction of sp³-hybridized carbons (Fsp3) is 0.476. The number of rotatable bonds is 9. The third kappa shape index (κ3) is 6.12. The van der Waals surface area contributed by atoms with Crippen LogP contribution >= 0.6 is 0 Å². The number of hydrogen-bond acceptors (Lipinski definition) is 5. The van der Waals surface area contributed by atoms with Gasteiger partial charge < -0.3 is 19.2 Å². The van der Waals surface area contributed by atoms with Crippen molar-refractivity contribution in [2.75, 3.05) is 39.4 Å². The van der Waals surface area contributed by atoms with Crippen LogP contribution in [0, 0.1) is 0 Å². The summed E-state index contributed by atoms with van der Waals surface area (Å²) in [6.45, 7) is 7.56. The second-order valence-corrected chi connectivity index (χ2v) is 6.62. The quantitative estimate of drug-likeness (QED) is 0.686. The van der Waals surface area contributed by atoms with Gasteiger partial charge in [-0.15, -0.1) is 0 Å². The summed E-state index contributed by atoms with van der Waals surface area (Å²) in [5.74, 6) is 1.56. The van der Waals surface area contributed by atoms with Crippen LogP contribution in [0.2, 0.25) is 0 Å². The molecule has 2 aromatic rings. The van der Waals surface area contributed by atoms with Gasteiger partial charge in [-0.05, 0) is 49.2 Å². The molecule has 1 saturated heterocycles. The molecule has 0 saturated carbocycles. The van der Waals surface area contributed by atoms with Gasteiger partial charge in [0.25, 0.3) is 5.91 Å². The molecule has 6 heteroatoms. The molecule has 3 rings (SSSR count). The monoisotopic (exact) mass is 372 g/mol. The fourth-order valence-electron chi connectivity index (χ4n) is 2.97. The lowest BCUT2D eigenvalue weighted by Gasteiger charge is -2.26. The van der Waals surface area contributed by atoms with E-state index in [0.717, 1.165) is 51.4 Å². The van der Waals surface area contributed by atoms with Crippen LogP contribution in [-0.2, 0) is 17.8 Å². The zero-order valence-electron chi connectivity index (χ0n) is 15.9. The number of furan rings is 1. The summed E-state index contributed by atoms with van der Waals surface area (Å²) in [5, 5.41) is 2.91. The molecular weight excluding hydrogens is 344 g/mol. The number of amides is 1. The highest BCUT2D eigenvalue weighted by Crippen LogP contribution is 2.16. The van der Waals surface area contributed by atoms with Crippen molar-refractivity contribution in [1.82, 2.24) is 10.2 Å². The maximum atomic E-state index is 12.2. The van der Waals surface area contributed by atoms with Crippen molar-refractivity contribution >= 4 is 5.91 Å². The van der Waals surface area contributed by atoms with E-state index in [1.165, 1.54) is 5.56 Å². The Morgan fingerprint density at radius 3 is 2.67 bits per heavy atom. The fourth-order valence-corrected chi connectivity index (χ4v) is 2.97. The summed E-state index contributed by atoms with van der Waals surface area (Å²) in [7, 11) is 0. The molecule has 0 radical (unpaired) electrons. The van der Waals surface area contributed by atoms with Gasteiger partial charge in [-0.3, -0.25) is 9.69 Å². The number of hydrogen-bond donors (Lipinski definition) is 1. The lowest BCUT2D eigenvalue weighted by atomic mass is 10.2. The molecule has 2 heterocycles. The molecule has 0 atom stereocenters. The van der Waals surface area contributed by atoms with Gasteiger partial charge in [-0.25, -0.2) is 0 Å². The van der Waals surface area contributed by atoms with E-state index in [-0.39, 0.29) is 5.91 Å². The number of benzene rings is 1. The van der Waals surface area contributed by atoms with Gasteiger partial charge >= 0.3 is 0 Å². The molecule has 0 bridgehead atoms. The number of nitrogens with one attached hydrogen (secondary N) is 1. The van der Waals surface area contributed by atoms with Crippen molar-refractivity contribution in [3.63, 3.8) is 0 Å². The average Bonchev–Trinajstić information content (AvgIpc) is 3.20. The SMILES string of the molecule is CCc1ccc(OCc2ccc(C(=O)NCCCN3CCOCC3)o2)cc1. The van der Waals surface area contributed by atoms with Crippen LogP contribution in [0.25, 0.3) is 0 Å². The van der Waals surface area contributed by atoms with Crippen LogP contribution in [0.5, 0.6) is 5.75 Å². The predicted octanol–water partition coefficient (Wildman–Crippen LogP) is 2.87. The van der Waals surface area contributed by atoms with Crippen molar-refractivity contribution in [3.05, 3.63) is 53.5 Å². The molecular formula is C21H28N2O4. The summed E-state index contributed by atoms with van der Waals surface area (Å²) in [5.41, 5.74) is 1.27. The van der Waals surface area contributed by atoms with Gasteiger partial charge in [-0.2, -0.15) is 0 Å². The van der Waals surface area contributed by atoms with Gasteiger partial charge in [0.05, 0.1) is 13.2 Å². The molecule has 1 fully saturated rings. The van der Waals surface area contributed by atoms with Crippen LogP contribution in [0.4, 0.5) is 0 Å². The number of aryl methyl sites for hydroxylation is 1. The number of nitrogens with zero attached hydrogens (tertiary/aromatic N) is 1. The van der Waals surface area contributed by atoms with E-state index in [9.17, 15) is 4.79 Å². The van der Waals surface area contributed by atoms with E-state index >= 15 is 0 Å². The van der Waals surface area contributed by atoms with E-state index in [0.29, 0.717) is 24.7 Å². The van der Waals surface area contributed by atoms with Gasteiger partial charge in [-0.1, -0.05) is 19.1 Å². The highest BCUT2D eigenvalue weighted by molar-refractivity contribution is 5.91. The van der Waals surface area contributed by atoms with Gasteiger partial charge in [0.15, 0.2) is 5.76 Å². The van der Waals surface area contributed by atoms with Crippen molar-refractivity contribution in [1.29, 1.82) is 0 Å². The van der Waals surface area contributed by atoms with Crippen molar-refractivity contribution < 1.29 is 18.7 Å². The zero-order chi connectivity index (χ0) is 18.9. The normalized spacial score (nSPS) is 14.9. The molecule has 1 aliphatic heterocycles. The Balaban J connectivity index is 1.37. The Kier molecular flexibility index (Phi) is 7.30. The Bertz CT molecular complexity index is 705. The van der Waals surface area contributed by atoms with E-state index in [1.807, 2.05) is 24.3 Å². The Labute approximate surface area is 160 Å². The maximum Gasteiger partial charge on any atom is 0.286 e. The van der Waals surface area contributed by atoms with Crippen LogP contribution in [0.15, 0.2) is 40.8 Å². The third-order valence-corrected chi connectivity index (χ3v) is 4.64. The van der Waals surface area contributed by atoms with Crippen LogP contribution in [0.3, 0.4) is 0 Å². The molecule has 146 valence electrons. The lowest BCUT2D eigenvalue weighted by molar-refractivity contribution is 0.0374. The van der Waals surface area contributed by atoms with Crippen LogP contribution in [0.1, 0.15) is 35.2 Å². The largest absolute Gasteiger partial charge is 0.486 e. The van der Waals surface area contributed by atoms with Gasteiger partial charge in [0.2, 0.25) is 0 Å². The summed E-state index contributed by atoms with van der Waals surface area (Å²) >= 11 is 0. The number of carbonyl (C=O) groups is 1.